The van der Waals surface area contributed by atoms with E-state index in [1.54, 1.807) is 24.3 Å². The van der Waals surface area contributed by atoms with Gasteiger partial charge in [0.15, 0.2) is 6.29 Å². The van der Waals surface area contributed by atoms with Gasteiger partial charge in [-0.15, -0.1) is 0 Å². The number of hydrogen-bond acceptors (Lipinski definition) is 3. The molecular weight excluding hydrogens is 264 g/mol. The number of ether oxygens (including phenoxy) is 1. The number of hydrogen-bond donors (Lipinski definition) is 1. The smallest absolute Gasteiger partial charge is 0.154 e. The standard InChI is InChI=1S/C18H14O3/c19-11-17-16-8-7-15(20)10-14(16)6-9-18(17)21-12-13-4-2-1-3-5-13/h1-11,20H,12H2. The summed E-state index contributed by atoms with van der Waals surface area (Å²) in [5.74, 6) is 0.726. The topological polar surface area (TPSA) is 46.5 Å². The van der Waals surface area contributed by atoms with Gasteiger partial charge in [-0.05, 0) is 40.6 Å². The largest absolute Gasteiger partial charge is 0.508 e. The zero-order chi connectivity index (χ0) is 14.7. The minimum Gasteiger partial charge on any atom is -0.508 e. The van der Waals surface area contributed by atoms with Gasteiger partial charge in [-0.2, -0.15) is 0 Å². The van der Waals surface area contributed by atoms with Crippen molar-refractivity contribution < 1.29 is 14.6 Å². The Kier molecular flexibility index (Phi) is 3.56. The van der Waals surface area contributed by atoms with Gasteiger partial charge >= 0.3 is 0 Å². The Bertz CT molecular complexity index is 779. The molecule has 0 aromatic heterocycles. The molecule has 1 N–H and O–H groups in total. The number of carbonyl (C=O) groups excluding carboxylic acids is 1. The molecule has 0 heterocycles. The highest BCUT2D eigenvalue weighted by atomic mass is 16.5. The van der Waals surface area contributed by atoms with Crippen LogP contribution in [0.1, 0.15) is 15.9 Å². The molecule has 3 rings (SSSR count). The molecule has 3 aromatic carbocycles. The van der Waals surface area contributed by atoms with Crippen molar-refractivity contribution in [1.29, 1.82) is 0 Å². The van der Waals surface area contributed by atoms with E-state index in [2.05, 4.69) is 0 Å². The van der Waals surface area contributed by atoms with E-state index in [0.717, 1.165) is 22.6 Å². The van der Waals surface area contributed by atoms with Crippen molar-refractivity contribution in [3.63, 3.8) is 0 Å². The number of aldehydes is 1. The van der Waals surface area contributed by atoms with Gasteiger partial charge < -0.3 is 9.84 Å². The van der Waals surface area contributed by atoms with Gasteiger partial charge in [0.25, 0.3) is 0 Å². The average molecular weight is 278 g/mol. The lowest BCUT2D eigenvalue weighted by Gasteiger charge is -2.11. The first-order valence-electron chi connectivity index (χ1n) is 6.65. The second-order valence-electron chi connectivity index (χ2n) is 4.77. The minimum atomic E-state index is 0.178. The summed E-state index contributed by atoms with van der Waals surface area (Å²) in [6, 6.07) is 18.3. The zero-order valence-corrected chi connectivity index (χ0v) is 11.3. The lowest BCUT2D eigenvalue weighted by molar-refractivity contribution is 0.112. The molecule has 0 atom stereocenters. The second kappa shape index (κ2) is 5.67. The first-order valence-corrected chi connectivity index (χ1v) is 6.65. The fourth-order valence-electron chi connectivity index (χ4n) is 2.30. The highest BCUT2D eigenvalue weighted by molar-refractivity contribution is 6.01. The number of rotatable bonds is 4. The van der Waals surface area contributed by atoms with Crippen LogP contribution in [0, 0.1) is 0 Å². The monoisotopic (exact) mass is 278 g/mol. The fourth-order valence-corrected chi connectivity index (χ4v) is 2.30. The highest BCUT2D eigenvalue weighted by Gasteiger charge is 2.09. The summed E-state index contributed by atoms with van der Waals surface area (Å²) in [6.45, 7) is 0.408. The molecule has 0 unspecified atom stereocenters. The van der Waals surface area contributed by atoms with Crippen molar-refractivity contribution in [1.82, 2.24) is 0 Å². The van der Waals surface area contributed by atoms with Crippen molar-refractivity contribution in [3.05, 3.63) is 71.8 Å². The van der Waals surface area contributed by atoms with Crippen molar-refractivity contribution >= 4 is 17.1 Å². The van der Waals surface area contributed by atoms with Crippen LogP contribution >= 0.6 is 0 Å². The third kappa shape index (κ3) is 2.72. The van der Waals surface area contributed by atoms with Crippen LogP contribution in [0.25, 0.3) is 10.8 Å². The third-order valence-electron chi connectivity index (χ3n) is 3.36. The Morgan fingerprint density at radius 2 is 1.81 bits per heavy atom. The minimum absolute atomic E-state index is 0.178. The summed E-state index contributed by atoms with van der Waals surface area (Å²) in [5, 5.41) is 11.1. The Morgan fingerprint density at radius 1 is 1.00 bits per heavy atom. The van der Waals surface area contributed by atoms with Crippen molar-refractivity contribution in [2.45, 2.75) is 6.61 Å². The van der Waals surface area contributed by atoms with Gasteiger partial charge in [0.05, 0.1) is 5.56 Å². The maximum absolute atomic E-state index is 11.4. The molecule has 3 heteroatoms. The molecule has 0 radical (unpaired) electrons. The summed E-state index contributed by atoms with van der Waals surface area (Å²) in [7, 11) is 0. The molecule has 21 heavy (non-hydrogen) atoms. The second-order valence-corrected chi connectivity index (χ2v) is 4.77. The van der Waals surface area contributed by atoms with Crippen LogP contribution in [-0.2, 0) is 6.61 Å². The zero-order valence-electron chi connectivity index (χ0n) is 11.3. The Morgan fingerprint density at radius 3 is 2.57 bits per heavy atom. The summed E-state index contributed by atoms with van der Waals surface area (Å²) >= 11 is 0. The molecule has 3 aromatic rings. The highest BCUT2D eigenvalue weighted by Crippen LogP contribution is 2.29. The van der Waals surface area contributed by atoms with Gasteiger partial charge in [-0.3, -0.25) is 4.79 Å². The van der Waals surface area contributed by atoms with E-state index in [9.17, 15) is 9.90 Å². The van der Waals surface area contributed by atoms with E-state index in [0.29, 0.717) is 17.9 Å². The van der Waals surface area contributed by atoms with E-state index < -0.39 is 0 Å². The fraction of sp³-hybridized carbons (Fsp3) is 0.0556. The number of benzene rings is 3. The van der Waals surface area contributed by atoms with Crippen molar-refractivity contribution in [2.75, 3.05) is 0 Å². The predicted octanol–water partition coefficient (Wildman–Crippen LogP) is 3.94. The SMILES string of the molecule is O=Cc1c(OCc2ccccc2)ccc2cc(O)ccc12. The Hall–Kier alpha value is -2.81. The number of carbonyl (C=O) groups is 1. The molecule has 0 aliphatic carbocycles. The van der Waals surface area contributed by atoms with Gasteiger partial charge in [-0.1, -0.05) is 36.4 Å². The van der Waals surface area contributed by atoms with E-state index in [4.69, 9.17) is 4.74 Å². The first-order chi connectivity index (χ1) is 10.3. The molecule has 104 valence electrons. The van der Waals surface area contributed by atoms with E-state index >= 15 is 0 Å². The molecule has 3 nitrogen and oxygen atoms in total. The normalized spacial score (nSPS) is 10.5. The van der Waals surface area contributed by atoms with Crippen LogP contribution in [0.4, 0.5) is 0 Å². The molecule has 0 aliphatic rings. The van der Waals surface area contributed by atoms with Gasteiger partial charge in [-0.25, -0.2) is 0 Å². The van der Waals surface area contributed by atoms with Crippen LogP contribution in [0.5, 0.6) is 11.5 Å². The number of phenols is 1. The molecule has 0 fully saturated rings. The number of fused-ring (bicyclic) bond motifs is 1. The predicted molar refractivity (Wildman–Crippen MR) is 81.8 cm³/mol. The maximum Gasteiger partial charge on any atom is 0.154 e. The van der Waals surface area contributed by atoms with Crippen LogP contribution in [-0.4, -0.2) is 11.4 Å². The van der Waals surface area contributed by atoms with Crippen LogP contribution in [0.2, 0.25) is 0 Å². The van der Waals surface area contributed by atoms with Crippen LogP contribution in [0.3, 0.4) is 0 Å². The van der Waals surface area contributed by atoms with E-state index in [1.807, 2.05) is 36.4 Å². The van der Waals surface area contributed by atoms with Gasteiger partial charge in [0.1, 0.15) is 18.1 Å². The Labute approximate surface area is 122 Å². The summed E-state index contributed by atoms with van der Waals surface area (Å²) in [6.07, 6.45) is 0.791. The summed E-state index contributed by atoms with van der Waals surface area (Å²) in [4.78, 5) is 11.4. The quantitative estimate of drug-likeness (QED) is 0.735. The molecule has 0 saturated heterocycles. The van der Waals surface area contributed by atoms with Crippen LogP contribution < -0.4 is 4.74 Å². The summed E-state index contributed by atoms with van der Waals surface area (Å²) < 4.78 is 5.76. The van der Waals surface area contributed by atoms with Crippen molar-refractivity contribution in [2.24, 2.45) is 0 Å². The van der Waals surface area contributed by atoms with E-state index in [1.165, 1.54) is 0 Å². The summed E-state index contributed by atoms with van der Waals surface area (Å²) in [5.41, 5.74) is 1.54. The molecule has 0 saturated carbocycles. The van der Waals surface area contributed by atoms with Crippen LogP contribution in [0.15, 0.2) is 60.7 Å². The maximum atomic E-state index is 11.4. The van der Waals surface area contributed by atoms with Gasteiger partial charge in [0.2, 0.25) is 0 Å². The van der Waals surface area contributed by atoms with Gasteiger partial charge in [0, 0.05) is 0 Å². The van der Waals surface area contributed by atoms with E-state index in [-0.39, 0.29) is 5.75 Å². The number of phenolic OH excluding ortho intramolecular Hbond substituents is 1. The Balaban J connectivity index is 1.95. The first kappa shape index (κ1) is 13.2. The van der Waals surface area contributed by atoms with Crippen molar-refractivity contribution in [3.8, 4) is 11.5 Å². The average Bonchev–Trinajstić information content (AvgIpc) is 2.53. The molecule has 0 bridgehead atoms. The molecular formula is C18H14O3. The number of aromatic hydroxyl groups is 1. The lowest BCUT2D eigenvalue weighted by atomic mass is 10.0. The molecule has 0 aliphatic heterocycles. The lowest BCUT2D eigenvalue weighted by Crippen LogP contribution is -1.98. The molecule has 0 spiro atoms. The molecule has 0 amide bonds. The third-order valence-corrected chi connectivity index (χ3v) is 3.36.